The topological polar surface area (TPSA) is 93.2 Å². The van der Waals surface area contributed by atoms with Gasteiger partial charge in [-0.15, -0.1) is 5.11 Å². The van der Waals surface area contributed by atoms with Crippen molar-refractivity contribution >= 4 is 44.7 Å². The van der Waals surface area contributed by atoms with Gasteiger partial charge in [0.25, 0.3) is 21.6 Å². The Balaban J connectivity index is 2.18. The minimum absolute atomic E-state index is 0.0153. The van der Waals surface area contributed by atoms with Crippen molar-refractivity contribution in [3.8, 4) is 0 Å². The second-order valence-corrected chi connectivity index (χ2v) is 7.99. The fraction of sp³-hybridized carbons (Fsp3) is 0.353. The highest BCUT2D eigenvalue weighted by molar-refractivity contribution is 7.89. The molecule has 2 aromatic rings. The molecule has 0 fully saturated rings. The molecular weight excluding hydrogens is 437 g/mol. The fourth-order valence-corrected chi connectivity index (χ4v) is 3.60. The number of halogens is 3. The molecule has 10 nitrogen and oxygen atoms in total. The van der Waals surface area contributed by atoms with E-state index in [2.05, 4.69) is 33.7 Å². The van der Waals surface area contributed by atoms with Gasteiger partial charge in [-0.2, -0.15) is 13.1 Å². The molecule has 162 valence electrons. The molecule has 1 unspecified atom stereocenters. The van der Waals surface area contributed by atoms with E-state index in [1.807, 2.05) is 4.90 Å². The van der Waals surface area contributed by atoms with Crippen molar-refractivity contribution in [3.05, 3.63) is 40.5 Å². The molecule has 0 bridgehead atoms. The first kappa shape index (κ1) is 22.2. The van der Waals surface area contributed by atoms with Gasteiger partial charge in [-0.25, -0.2) is 8.78 Å². The number of imidazole rings is 1. The van der Waals surface area contributed by atoms with Crippen LogP contribution in [0.5, 0.6) is 0 Å². The monoisotopic (exact) mass is 452 g/mol. The molecule has 0 amide bonds. The number of hydrogen-bond acceptors (Lipinski definition) is 7. The summed E-state index contributed by atoms with van der Waals surface area (Å²) in [5.74, 6) is -3.93. The summed E-state index contributed by atoms with van der Waals surface area (Å²) < 4.78 is 58.4. The lowest BCUT2D eigenvalue weighted by Crippen LogP contribution is -2.12. The number of rotatable bonds is 6. The Morgan fingerprint density at radius 1 is 1.29 bits per heavy atom. The van der Waals surface area contributed by atoms with E-state index in [1.54, 1.807) is 14.0 Å². The lowest BCUT2D eigenvalue weighted by Gasteiger charge is -2.13. The number of azo groups is 1. The van der Waals surface area contributed by atoms with Gasteiger partial charge in [0.2, 0.25) is 0 Å². The standard InChI is InChI=1S/C17H15F3N8O2S/c1-5-28-15(22-3)14(21-2)23-17(28)25-24-11-8-10-6-7-27(4)13(10)9-12(11)26-31(29,30-20)16(18)19/h8-9,16H,5-7H2,1,4H3. The van der Waals surface area contributed by atoms with Crippen LogP contribution in [0.15, 0.2) is 26.7 Å². The highest BCUT2D eigenvalue weighted by atomic mass is 32.2. The SMILES string of the molecule is [C-]#[N+]c1nc(N=Nc2cc3c(cc2N=S(=O)(OF)C(F)F)N(C)CC3)n(CC)c1[N+]#[C-]. The summed E-state index contributed by atoms with van der Waals surface area (Å²) in [7, 11) is -3.19. The smallest absolute Gasteiger partial charge is 0.374 e. The zero-order chi connectivity index (χ0) is 22.8. The molecule has 0 N–H and O–H groups in total. The normalized spacial score (nSPS) is 15.0. The van der Waals surface area contributed by atoms with E-state index >= 15 is 0 Å². The van der Waals surface area contributed by atoms with Crippen molar-refractivity contribution in [2.24, 2.45) is 14.6 Å². The van der Waals surface area contributed by atoms with E-state index in [9.17, 15) is 17.5 Å². The van der Waals surface area contributed by atoms with Crippen LogP contribution in [0.1, 0.15) is 12.5 Å². The predicted molar refractivity (Wildman–Crippen MR) is 106 cm³/mol. The fourth-order valence-electron chi connectivity index (χ4n) is 3.02. The van der Waals surface area contributed by atoms with Gasteiger partial charge >= 0.3 is 11.7 Å². The van der Waals surface area contributed by atoms with Gasteiger partial charge in [0.15, 0.2) is 0 Å². The molecule has 1 aliphatic rings. The molecule has 2 heterocycles. The molecule has 1 atom stereocenters. The second-order valence-electron chi connectivity index (χ2n) is 6.30. The van der Waals surface area contributed by atoms with Crippen LogP contribution in [0, 0.1) is 13.1 Å². The third-order valence-electron chi connectivity index (χ3n) is 4.52. The van der Waals surface area contributed by atoms with Gasteiger partial charge in [-0.3, -0.25) is 0 Å². The maximum atomic E-state index is 13.1. The minimum Gasteiger partial charge on any atom is -0.374 e. The first-order chi connectivity index (χ1) is 14.8. The quantitative estimate of drug-likeness (QED) is 0.424. The van der Waals surface area contributed by atoms with Crippen LogP contribution in [-0.4, -0.2) is 33.1 Å². The van der Waals surface area contributed by atoms with Crippen molar-refractivity contribution < 1.29 is 21.9 Å². The molecule has 1 aromatic carbocycles. The zero-order valence-electron chi connectivity index (χ0n) is 16.3. The summed E-state index contributed by atoms with van der Waals surface area (Å²) in [6.07, 6.45) is 0.631. The number of anilines is 1. The molecule has 0 saturated carbocycles. The molecule has 3 rings (SSSR count). The Morgan fingerprint density at radius 2 is 2.03 bits per heavy atom. The summed E-state index contributed by atoms with van der Waals surface area (Å²) in [6, 6.07) is 2.86. The number of nitrogens with zero attached hydrogens (tertiary/aromatic N) is 8. The van der Waals surface area contributed by atoms with E-state index in [0.717, 1.165) is 5.56 Å². The van der Waals surface area contributed by atoms with Crippen LogP contribution < -0.4 is 4.90 Å². The summed E-state index contributed by atoms with van der Waals surface area (Å²) in [5.41, 5.74) is 1.05. The summed E-state index contributed by atoms with van der Waals surface area (Å²) in [4.78, 5) is 12.2. The zero-order valence-corrected chi connectivity index (χ0v) is 17.1. The third kappa shape index (κ3) is 4.08. The molecule has 0 saturated heterocycles. The van der Waals surface area contributed by atoms with Crippen molar-refractivity contribution in [3.63, 3.8) is 0 Å². The molecule has 0 spiro atoms. The third-order valence-corrected chi connectivity index (χ3v) is 5.60. The highest BCUT2D eigenvalue weighted by Gasteiger charge is 2.27. The number of aromatic nitrogens is 2. The van der Waals surface area contributed by atoms with E-state index in [-0.39, 0.29) is 35.5 Å². The van der Waals surface area contributed by atoms with E-state index in [4.69, 9.17) is 13.1 Å². The second kappa shape index (κ2) is 8.71. The Bertz CT molecular complexity index is 1250. The molecule has 1 aromatic heterocycles. The summed E-state index contributed by atoms with van der Waals surface area (Å²) in [5, 5.41) is 7.90. The van der Waals surface area contributed by atoms with Crippen LogP contribution in [0.4, 0.5) is 48.0 Å². The minimum atomic E-state index is -4.96. The average molecular weight is 452 g/mol. The van der Waals surface area contributed by atoms with Crippen LogP contribution in [0.3, 0.4) is 0 Å². The highest BCUT2D eigenvalue weighted by Crippen LogP contribution is 2.41. The Morgan fingerprint density at radius 3 is 2.61 bits per heavy atom. The van der Waals surface area contributed by atoms with Gasteiger partial charge in [0.1, 0.15) is 11.4 Å². The van der Waals surface area contributed by atoms with Crippen LogP contribution in [0.2, 0.25) is 0 Å². The molecule has 1 aliphatic heterocycles. The molecule has 31 heavy (non-hydrogen) atoms. The summed E-state index contributed by atoms with van der Waals surface area (Å²) in [6.45, 7) is 17.0. The maximum Gasteiger partial charge on any atom is 0.416 e. The molecule has 0 radical (unpaired) electrons. The van der Waals surface area contributed by atoms with Gasteiger partial charge in [-0.05, 0) is 35.6 Å². The summed E-state index contributed by atoms with van der Waals surface area (Å²) >= 11 is 0. The Hall–Kier alpha value is -3.49. The number of likely N-dealkylation sites (N-methyl/N-ethyl adjacent to an activating group) is 1. The largest absolute Gasteiger partial charge is 0.416 e. The van der Waals surface area contributed by atoms with E-state index < -0.39 is 15.8 Å². The van der Waals surface area contributed by atoms with Gasteiger partial charge < -0.3 is 14.6 Å². The maximum absolute atomic E-state index is 13.1. The molecular formula is C17H15F3N8O2S. The predicted octanol–water partition coefficient (Wildman–Crippen LogP) is 5.55. The van der Waals surface area contributed by atoms with E-state index in [1.165, 1.54) is 16.7 Å². The Labute approximate surface area is 175 Å². The van der Waals surface area contributed by atoms with Gasteiger partial charge in [0, 0.05) is 19.3 Å². The average Bonchev–Trinajstić information content (AvgIpc) is 3.30. The van der Waals surface area contributed by atoms with Gasteiger partial charge in [-0.1, -0.05) is 27.6 Å². The first-order valence-corrected chi connectivity index (χ1v) is 10.3. The first-order valence-electron chi connectivity index (χ1n) is 8.77. The van der Waals surface area contributed by atoms with Crippen molar-refractivity contribution in [1.82, 2.24) is 9.55 Å². The van der Waals surface area contributed by atoms with Crippen LogP contribution in [-0.2, 0) is 27.4 Å². The Kier molecular flexibility index (Phi) is 6.24. The number of benzene rings is 1. The van der Waals surface area contributed by atoms with Crippen molar-refractivity contribution in [1.29, 1.82) is 0 Å². The van der Waals surface area contributed by atoms with Gasteiger partial charge in [0.05, 0.1) is 6.54 Å². The number of alkyl halides is 2. The molecule has 14 heteroatoms. The van der Waals surface area contributed by atoms with Crippen LogP contribution in [0.25, 0.3) is 9.69 Å². The van der Waals surface area contributed by atoms with Crippen molar-refractivity contribution in [2.45, 2.75) is 25.6 Å². The lowest BCUT2D eigenvalue weighted by atomic mass is 10.1. The van der Waals surface area contributed by atoms with Crippen LogP contribution >= 0.6 is 0 Å². The van der Waals surface area contributed by atoms with Crippen molar-refractivity contribution in [2.75, 3.05) is 18.5 Å². The molecule has 0 aliphatic carbocycles. The number of fused-ring (bicyclic) bond motifs is 1. The van der Waals surface area contributed by atoms with E-state index in [0.29, 0.717) is 18.7 Å². The lowest BCUT2D eigenvalue weighted by molar-refractivity contribution is -0.000950. The number of hydrogen-bond donors (Lipinski definition) is 0.